The molecule has 1 N–H and O–H groups in total. The van der Waals surface area contributed by atoms with E-state index in [1.807, 2.05) is 7.05 Å². The van der Waals surface area contributed by atoms with Crippen molar-refractivity contribution in [3.63, 3.8) is 0 Å². The lowest BCUT2D eigenvalue weighted by Crippen LogP contribution is -2.17. The summed E-state index contributed by atoms with van der Waals surface area (Å²) in [5, 5.41) is 7.63. The van der Waals surface area contributed by atoms with Crippen molar-refractivity contribution in [2.45, 2.75) is 38.6 Å². The van der Waals surface area contributed by atoms with Gasteiger partial charge in [0.05, 0.1) is 17.2 Å². The second-order valence-corrected chi connectivity index (χ2v) is 6.14. The van der Waals surface area contributed by atoms with Crippen molar-refractivity contribution < 1.29 is 4.74 Å². The first-order chi connectivity index (χ1) is 10.3. The van der Waals surface area contributed by atoms with Gasteiger partial charge in [0.25, 0.3) is 0 Å². The van der Waals surface area contributed by atoms with E-state index in [1.165, 1.54) is 27.5 Å². The van der Waals surface area contributed by atoms with Crippen LogP contribution in [0.15, 0.2) is 18.2 Å². The second kappa shape index (κ2) is 6.54. The third-order valence-corrected chi connectivity index (χ3v) is 4.94. The molecule has 1 aliphatic heterocycles. The summed E-state index contributed by atoms with van der Waals surface area (Å²) in [5.41, 5.74) is 3.86. The Labute approximate surface area is 129 Å². The Kier molecular flexibility index (Phi) is 4.51. The number of fused-ring (bicyclic) bond motifs is 1. The minimum absolute atomic E-state index is 0.337. The van der Waals surface area contributed by atoms with Crippen LogP contribution in [-0.4, -0.2) is 23.2 Å². The van der Waals surface area contributed by atoms with Crippen LogP contribution in [0, 0.1) is 0 Å². The first-order valence-corrected chi connectivity index (χ1v) is 8.32. The Morgan fingerprint density at radius 2 is 2.33 bits per heavy atom. The normalized spacial score (nSPS) is 14.8. The molecule has 1 aromatic heterocycles. The molecule has 1 unspecified atom stereocenters. The molecule has 0 aliphatic carbocycles. The Hall–Kier alpha value is -1.46. The average molecular weight is 303 g/mol. The molecule has 2 aromatic rings. The number of aromatic nitrogens is 2. The quantitative estimate of drug-likeness (QED) is 0.891. The third kappa shape index (κ3) is 3.09. The van der Waals surface area contributed by atoms with Gasteiger partial charge in [0.15, 0.2) is 0 Å². The summed E-state index contributed by atoms with van der Waals surface area (Å²) in [6.45, 7) is 2.96. The van der Waals surface area contributed by atoms with Gasteiger partial charge >= 0.3 is 0 Å². The van der Waals surface area contributed by atoms with Crippen LogP contribution in [-0.2, 0) is 19.3 Å². The summed E-state index contributed by atoms with van der Waals surface area (Å²) in [5.74, 6) is 1.06. The number of nitrogens with one attached hydrogen (secondary N) is 1. The predicted molar refractivity (Wildman–Crippen MR) is 85.0 cm³/mol. The molecule has 0 saturated carbocycles. The topological polar surface area (TPSA) is 47.0 Å². The van der Waals surface area contributed by atoms with E-state index in [4.69, 9.17) is 4.74 Å². The van der Waals surface area contributed by atoms with Crippen LogP contribution >= 0.6 is 11.5 Å². The summed E-state index contributed by atoms with van der Waals surface area (Å²) in [4.78, 5) is 1.28. The molecule has 0 bridgehead atoms. The van der Waals surface area contributed by atoms with Gasteiger partial charge in [-0.05, 0) is 55.0 Å². The summed E-state index contributed by atoms with van der Waals surface area (Å²) in [7, 11) is 2.01. The average Bonchev–Trinajstić information content (AvgIpc) is 3.16. The summed E-state index contributed by atoms with van der Waals surface area (Å²) < 4.78 is 9.66. The molecule has 0 spiro atoms. The number of nitrogens with zero attached hydrogens (tertiary/aromatic N) is 2. The fraction of sp³-hybridized carbons (Fsp3) is 0.500. The molecule has 5 heteroatoms. The van der Waals surface area contributed by atoms with E-state index in [9.17, 15) is 0 Å². The molecule has 1 aromatic carbocycles. The predicted octanol–water partition coefficient (Wildman–Crippen LogP) is 2.93. The molecule has 1 atom stereocenters. The fourth-order valence-electron chi connectivity index (χ4n) is 2.84. The van der Waals surface area contributed by atoms with E-state index in [0.717, 1.165) is 43.7 Å². The minimum Gasteiger partial charge on any atom is -0.493 e. The Balaban J connectivity index is 1.68. The molecular weight excluding hydrogens is 282 g/mol. The highest BCUT2D eigenvalue weighted by Gasteiger charge is 2.17. The largest absolute Gasteiger partial charge is 0.493 e. The highest BCUT2D eigenvalue weighted by molar-refractivity contribution is 7.05. The number of rotatable bonds is 6. The molecular formula is C16H21N3OS. The Morgan fingerprint density at radius 3 is 3.14 bits per heavy atom. The van der Waals surface area contributed by atoms with Gasteiger partial charge in [-0.3, -0.25) is 0 Å². The molecule has 0 amide bonds. The van der Waals surface area contributed by atoms with Crippen molar-refractivity contribution in [3.05, 3.63) is 39.9 Å². The number of aryl methyl sites for hydroxylation is 2. The molecule has 21 heavy (non-hydrogen) atoms. The molecule has 3 rings (SSSR count). The van der Waals surface area contributed by atoms with Gasteiger partial charge in [0.2, 0.25) is 0 Å². The van der Waals surface area contributed by atoms with Gasteiger partial charge in [0.1, 0.15) is 5.75 Å². The first kappa shape index (κ1) is 14.5. The van der Waals surface area contributed by atoms with Crippen molar-refractivity contribution >= 4 is 11.5 Å². The number of ether oxygens (including phenoxy) is 1. The molecule has 1 aliphatic rings. The van der Waals surface area contributed by atoms with Gasteiger partial charge in [-0.2, -0.15) is 0 Å². The molecule has 0 fully saturated rings. The summed E-state index contributed by atoms with van der Waals surface area (Å²) in [6, 6.07) is 6.92. The lowest BCUT2D eigenvalue weighted by molar-refractivity contribution is 0.357. The zero-order valence-electron chi connectivity index (χ0n) is 12.6. The van der Waals surface area contributed by atoms with Crippen LogP contribution in [0.5, 0.6) is 5.75 Å². The zero-order valence-corrected chi connectivity index (χ0v) is 13.4. The highest BCUT2D eigenvalue weighted by Crippen LogP contribution is 2.28. The minimum atomic E-state index is 0.337. The van der Waals surface area contributed by atoms with Crippen molar-refractivity contribution in [2.24, 2.45) is 0 Å². The van der Waals surface area contributed by atoms with E-state index in [-0.39, 0.29) is 0 Å². The highest BCUT2D eigenvalue weighted by atomic mass is 32.1. The molecule has 0 saturated heterocycles. The lowest BCUT2D eigenvalue weighted by Gasteiger charge is -2.15. The van der Waals surface area contributed by atoms with E-state index in [0.29, 0.717) is 6.04 Å². The number of hydrogen-bond donors (Lipinski definition) is 1. The van der Waals surface area contributed by atoms with Crippen LogP contribution in [0.25, 0.3) is 0 Å². The smallest absolute Gasteiger partial charge is 0.122 e. The van der Waals surface area contributed by atoms with Gasteiger partial charge < -0.3 is 10.1 Å². The van der Waals surface area contributed by atoms with E-state index >= 15 is 0 Å². The molecule has 4 nitrogen and oxygen atoms in total. The van der Waals surface area contributed by atoms with E-state index in [1.54, 1.807) is 0 Å². The first-order valence-electron chi connectivity index (χ1n) is 7.54. The van der Waals surface area contributed by atoms with Crippen molar-refractivity contribution in [1.82, 2.24) is 14.9 Å². The van der Waals surface area contributed by atoms with Crippen LogP contribution in [0.4, 0.5) is 0 Å². The third-order valence-electron chi connectivity index (χ3n) is 4.06. The fourth-order valence-corrected chi connectivity index (χ4v) is 3.72. The van der Waals surface area contributed by atoms with Crippen LogP contribution in [0.2, 0.25) is 0 Å². The van der Waals surface area contributed by atoms with Crippen LogP contribution < -0.4 is 10.1 Å². The van der Waals surface area contributed by atoms with E-state index < -0.39 is 0 Å². The molecule has 0 radical (unpaired) electrons. The molecule has 112 valence electrons. The van der Waals surface area contributed by atoms with Crippen molar-refractivity contribution in [1.29, 1.82) is 0 Å². The van der Waals surface area contributed by atoms with Gasteiger partial charge in [-0.15, -0.1) is 5.10 Å². The van der Waals surface area contributed by atoms with Crippen molar-refractivity contribution in [2.75, 3.05) is 13.7 Å². The standard InChI is InChI=1S/C16H21N3OS/c1-3-13-16(21-19-18-13)14(17-2)6-4-11-5-7-15-12(10-11)8-9-20-15/h5,7,10,14,17H,3-4,6,8-9H2,1-2H3. The van der Waals surface area contributed by atoms with Crippen LogP contribution in [0.1, 0.15) is 41.1 Å². The maximum absolute atomic E-state index is 5.56. The number of benzene rings is 1. The zero-order chi connectivity index (χ0) is 14.7. The van der Waals surface area contributed by atoms with Crippen molar-refractivity contribution in [3.8, 4) is 5.75 Å². The summed E-state index contributed by atoms with van der Waals surface area (Å²) in [6.07, 6.45) is 4.10. The van der Waals surface area contributed by atoms with Gasteiger partial charge in [-0.25, -0.2) is 0 Å². The van der Waals surface area contributed by atoms with Gasteiger partial charge in [-0.1, -0.05) is 23.5 Å². The Morgan fingerprint density at radius 1 is 1.43 bits per heavy atom. The SMILES string of the molecule is CCc1nnsc1C(CCc1ccc2c(c1)CCO2)NC. The van der Waals surface area contributed by atoms with Gasteiger partial charge in [0, 0.05) is 12.5 Å². The maximum atomic E-state index is 5.56. The summed E-state index contributed by atoms with van der Waals surface area (Å²) >= 11 is 1.52. The number of hydrogen-bond acceptors (Lipinski definition) is 5. The van der Waals surface area contributed by atoms with E-state index in [2.05, 4.69) is 40.0 Å². The second-order valence-electron chi connectivity index (χ2n) is 5.36. The van der Waals surface area contributed by atoms with Crippen LogP contribution in [0.3, 0.4) is 0 Å². The monoisotopic (exact) mass is 303 g/mol. The molecule has 2 heterocycles. The lowest BCUT2D eigenvalue weighted by atomic mass is 10.0. The maximum Gasteiger partial charge on any atom is 0.122 e. The Bertz CT molecular complexity index is 611.